The van der Waals surface area contributed by atoms with Gasteiger partial charge in [0.1, 0.15) is 11.3 Å². The van der Waals surface area contributed by atoms with Crippen molar-refractivity contribution in [2.24, 2.45) is 0 Å². The molecule has 6 heteroatoms. The highest BCUT2D eigenvalue weighted by molar-refractivity contribution is 6.01. The quantitative estimate of drug-likeness (QED) is 0.639. The van der Waals surface area contributed by atoms with E-state index in [2.05, 4.69) is 4.98 Å². The zero-order valence-corrected chi connectivity index (χ0v) is 16.2. The Labute approximate surface area is 145 Å². The number of H-pyrrole nitrogens is 1. The molecule has 136 valence electrons. The fraction of sp³-hybridized carbons (Fsp3) is 0.667. The lowest BCUT2D eigenvalue weighted by Gasteiger charge is -2.32. The van der Waals surface area contributed by atoms with Gasteiger partial charge in [-0.15, -0.1) is 0 Å². The number of carbonyl (C=O) groups is 2. The summed E-state index contributed by atoms with van der Waals surface area (Å²) >= 11 is 0. The number of esters is 1. The smallest absolute Gasteiger partial charge is 0.355 e. The molecule has 0 atom stereocenters. The van der Waals surface area contributed by atoms with E-state index in [0.717, 1.165) is 13.1 Å². The Morgan fingerprint density at radius 3 is 2.00 bits per heavy atom. The van der Waals surface area contributed by atoms with Gasteiger partial charge in [-0.05, 0) is 47.1 Å². The maximum atomic E-state index is 13.0. The van der Waals surface area contributed by atoms with E-state index in [1.807, 2.05) is 53.5 Å². The maximum Gasteiger partial charge on any atom is 0.355 e. The van der Waals surface area contributed by atoms with Crippen LogP contribution in [0.1, 0.15) is 73.6 Å². The van der Waals surface area contributed by atoms with Gasteiger partial charge in [0.25, 0.3) is 5.91 Å². The molecule has 1 rings (SSSR count). The number of carbonyl (C=O) groups excluding carboxylic acids is 2. The number of hydrogen-bond donors (Lipinski definition) is 1. The van der Waals surface area contributed by atoms with Gasteiger partial charge in [-0.25, -0.2) is 9.80 Å². The van der Waals surface area contributed by atoms with Crippen molar-refractivity contribution in [2.75, 3.05) is 19.6 Å². The first-order chi connectivity index (χ1) is 11.1. The number of nitrogens with zero attached hydrogens (tertiary/aromatic N) is 2. The van der Waals surface area contributed by atoms with Gasteiger partial charge in [0.05, 0.1) is 5.56 Å². The van der Waals surface area contributed by atoms with E-state index in [4.69, 9.17) is 4.74 Å². The Kier molecular flexibility index (Phi) is 6.60. The topological polar surface area (TPSA) is 65.6 Å². The van der Waals surface area contributed by atoms with Gasteiger partial charge in [0.15, 0.2) is 0 Å². The van der Waals surface area contributed by atoms with Crippen LogP contribution in [0.4, 0.5) is 0 Å². The van der Waals surface area contributed by atoms with Gasteiger partial charge in [0.2, 0.25) is 0 Å². The summed E-state index contributed by atoms with van der Waals surface area (Å²) in [5.41, 5.74) is 1.64. The number of aromatic nitrogens is 1. The Balaban J connectivity index is 3.22. The van der Waals surface area contributed by atoms with Crippen LogP contribution in [0.3, 0.4) is 0 Å². The molecular formula is C18H31N3O3. The highest BCUT2D eigenvalue weighted by atomic mass is 16.6. The van der Waals surface area contributed by atoms with Gasteiger partial charge in [0, 0.05) is 25.3 Å². The molecule has 0 saturated heterocycles. The minimum Gasteiger partial charge on any atom is -0.455 e. The summed E-state index contributed by atoms with van der Waals surface area (Å²) in [5.74, 6) is -0.532. The molecule has 0 aliphatic heterocycles. The first kappa shape index (κ1) is 20.2. The average molecular weight is 337 g/mol. The molecule has 0 fully saturated rings. The first-order valence-corrected chi connectivity index (χ1v) is 8.56. The Hall–Kier alpha value is -1.82. The van der Waals surface area contributed by atoms with Gasteiger partial charge in [-0.1, -0.05) is 13.8 Å². The predicted molar refractivity (Wildman–Crippen MR) is 95.1 cm³/mol. The van der Waals surface area contributed by atoms with Gasteiger partial charge in [-0.2, -0.15) is 0 Å². The van der Waals surface area contributed by atoms with E-state index < -0.39 is 11.6 Å². The van der Waals surface area contributed by atoms with E-state index in [1.54, 1.807) is 11.9 Å². The molecule has 24 heavy (non-hydrogen) atoms. The highest BCUT2D eigenvalue weighted by Gasteiger charge is 2.29. The van der Waals surface area contributed by atoms with Crippen LogP contribution in [0.15, 0.2) is 0 Å². The molecule has 0 aliphatic rings. The van der Waals surface area contributed by atoms with Gasteiger partial charge < -0.3 is 9.72 Å². The molecule has 1 amide bonds. The lowest BCUT2D eigenvalue weighted by atomic mass is 10.1. The molecular weight excluding hydrogens is 306 g/mol. The molecule has 0 radical (unpaired) electrons. The van der Waals surface area contributed by atoms with Gasteiger partial charge >= 0.3 is 5.97 Å². The van der Waals surface area contributed by atoms with Crippen LogP contribution >= 0.6 is 0 Å². The third-order valence-electron chi connectivity index (χ3n) is 3.86. The number of amides is 1. The number of aryl methyl sites for hydroxylation is 1. The number of hydrazine groups is 1. The zero-order chi connectivity index (χ0) is 18.7. The summed E-state index contributed by atoms with van der Waals surface area (Å²) in [7, 11) is 0. The van der Waals surface area contributed by atoms with Crippen molar-refractivity contribution in [3.8, 4) is 0 Å². The molecule has 1 N–H and O–H groups in total. The molecule has 1 aromatic rings. The van der Waals surface area contributed by atoms with E-state index in [9.17, 15) is 9.59 Å². The number of rotatable bonds is 6. The maximum absolute atomic E-state index is 13.0. The monoisotopic (exact) mass is 337 g/mol. The SMILES string of the molecule is CCN(CC)N(CC)C(=O)c1c(C)[nH]c(C(=O)OC(C)(C)C)c1C. The highest BCUT2D eigenvalue weighted by Crippen LogP contribution is 2.23. The molecule has 0 aromatic carbocycles. The van der Waals surface area contributed by atoms with Crippen molar-refractivity contribution >= 4 is 11.9 Å². The van der Waals surface area contributed by atoms with Crippen molar-refractivity contribution in [1.29, 1.82) is 0 Å². The summed E-state index contributed by atoms with van der Waals surface area (Å²) in [6, 6.07) is 0. The standard InChI is InChI=1S/C18H31N3O3/c1-9-20(10-2)21(11-3)16(22)14-12(4)15(19-13(14)5)17(23)24-18(6,7)8/h19H,9-11H2,1-8H3. The van der Waals surface area contributed by atoms with Crippen LogP contribution < -0.4 is 0 Å². The second kappa shape index (κ2) is 7.83. The summed E-state index contributed by atoms with van der Waals surface area (Å²) in [5, 5.41) is 3.71. The Morgan fingerprint density at radius 2 is 1.58 bits per heavy atom. The third kappa shape index (κ3) is 4.38. The van der Waals surface area contributed by atoms with Crippen molar-refractivity contribution in [1.82, 2.24) is 15.0 Å². The van der Waals surface area contributed by atoms with Crippen LogP contribution in [-0.2, 0) is 4.74 Å². The molecule has 0 spiro atoms. The third-order valence-corrected chi connectivity index (χ3v) is 3.86. The van der Waals surface area contributed by atoms with Crippen LogP contribution in [0.2, 0.25) is 0 Å². The van der Waals surface area contributed by atoms with Crippen molar-refractivity contribution in [2.45, 2.75) is 61.0 Å². The molecule has 1 aromatic heterocycles. The van der Waals surface area contributed by atoms with Crippen molar-refractivity contribution in [3.05, 3.63) is 22.5 Å². The van der Waals surface area contributed by atoms with Crippen LogP contribution in [0, 0.1) is 13.8 Å². The second-order valence-corrected chi connectivity index (χ2v) is 6.79. The normalized spacial score (nSPS) is 11.7. The Morgan fingerprint density at radius 1 is 1.04 bits per heavy atom. The summed E-state index contributed by atoms with van der Waals surface area (Å²) in [4.78, 5) is 28.4. The Bertz CT molecular complexity index is 595. The molecule has 1 heterocycles. The summed E-state index contributed by atoms with van der Waals surface area (Å²) in [6.45, 7) is 17.1. The minimum atomic E-state index is -0.580. The van der Waals surface area contributed by atoms with E-state index in [0.29, 0.717) is 29.1 Å². The first-order valence-electron chi connectivity index (χ1n) is 8.56. The van der Waals surface area contributed by atoms with E-state index in [1.165, 1.54) is 0 Å². The fourth-order valence-electron chi connectivity index (χ4n) is 2.77. The summed E-state index contributed by atoms with van der Waals surface area (Å²) < 4.78 is 5.42. The van der Waals surface area contributed by atoms with Gasteiger partial charge in [-0.3, -0.25) is 9.80 Å². The molecule has 6 nitrogen and oxygen atoms in total. The lowest BCUT2D eigenvalue weighted by molar-refractivity contribution is -0.00124. The number of ether oxygens (including phenoxy) is 1. The van der Waals surface area contributed by atoms with E-state index in [-0.39, 0.29) is 5.91 Å². The fourth-order valence-corrected chi connectivity index (χ4v) is 2.77. The number of nitrogens with one attached hydrogen (secondary N) is 1. The second-order valence-electron chi connectivity index (χ2n) is 6.79. The molecule has 0 unspecified atom stereocenters. The van der Waals surface area contributed by atoms with Crippen molar-refractivity contribution in [3.63, 3.8) is 0 Å². The summed E-state index contributed by atoms with van der Waals surface area (Å²) in [6.07, 6.45) is 0. The predicted octanol–water partition coefficient (Wildman–Crippen LogP) is 3.31. The van der Waals surface area contributed by atoms with Crippen LogP contribution in [0.5, 0.6) is 0 Å². The van der Waals surface area contributed by atoms with E-state index >= 15 is 0 Å². The zero-order valence-electron chi connectivity index (χ0n) is 16.2. The van der Waals surface area contributed by atoms with Crippen LogP contribution in [-0.4, -0.2) is 52.1 Å². The van der Waals surface area contributed by atoms with Crippen LogP contribution in [0.25, 0.3) is 0 Å². The lowest BCUT2D eigenvalue weighted by Crippen LogP contribution is -2.46. The molecule has 0 bridgehead atoms. The number of aromatic amines is 1. The average Bonchev–Trinajstić information content (AvgIpc) is 2.77. The molecule has 0 aliphatic carbocycles. The minimum absolute atomic E-state index is 0.0951. The number of hydrogen-bond acceptors (Lipinski definition) is 4. The largest absolute Gasteiger partial charge is 0.455 e. The van der Waals surface area contributed by atoms with Crippen molar-refractivity contribution < 1.29 is 14.3 Å². The molecule has 0 saturated carbocycles.